The van der Waals surface area contributed by atoms with E-state index in [1.807, 2.05) is 18.3 Å². The normalized spacial score (nSPS) is 15.5. The molecular weight excluding hydrogens is 441 g/mol. The fraction of sp³-hybridized carbons (Fsp3) is 0.304. The van der Waals surface area contributed by atoms with Gasteiger partial charge in [-0.3, -0.25) is 0 Å². The van der Waals surface area contributed by atoms with Gasteiger partial charge in [-0.25, -0.2) is 4.98 Å². The molecule has 0 amide bonds. The quantitative estimate of drug-likeness (QED) is 0.382. The Bertz CT molecular complexity index is 1360. The number of ether oxygens (including phenoxy) is 1. The zero-order chi connectivity index (χ0) is 22.5. The molecule has 3 aromatic heterocycles. The number of halogens is 4. The van der Waals surface area contributed by atoms with Crippen LogP contribution in [0.4, 0.5) is 13.2 Å². The van der Waals surface area contributed by atoms with Gasteiger partial charge in [0.05, 0.1) is 22.7 Å². The van der Waals surface area contributed by atoms with E-state index in [0.717, 1.165) is 29.9 Å². The minimum atomic E-state index is -4.36. The number of aromatic nitrogens is 3. The zero-order valence-electron chi connectivity index (χ0n) is 16.9. The van der Waals surface area contributed by atoms with Gasteiger partial charge < -0.3 is 13.7 Å². The molecule has 4 aromatic rings. The van der Waals surface area contributed by atoms with Gasteiger partial charge in [0.15, 0.2) is 5.65 Å². The highest BCUT2D eigenvalue weighted by atomic mass is 35.5. The second-order valence-corrected chi connectivity index (χ2v) is 8.32. The van der Waals surface area contributed by atoms with E-state index >= 15 is 0 Å². The number of hydrogen-bond acceptors (Lipinski definition) is 3. The molecule has 4 heterocycles. The highest BCUT2D eigenvalue weighted by Gasteiger charge is 2.30. The summed E-state index contributed by atoms with van der Waals surface area (Å²) in [7, 11) is 0. The lowest BCUT2D eigenvalue weighted by molar-refractivity contribution is -0.127. The van der Waals surface area contributed by atoms with Crippen LogP contribution in [0.2, 0.25) is 5.02 Å². The number of pyridine rings is 1. The highest BCUT2D eigenvalue weighted by molar-refractivity contribution is 6.35. The number of nitrogens with zero attached hydrogens (tertiary/aromatic N) is 4. The first-order valence-electron chi connectivity index (χ1n) is 10.2. The lowest BCUT2D eigenvalue weighted by Gasteiger charge is -2.25. The predicted octanol–water partition coefficient (Wildman–Crippen LogP) is 5.94. The molecule has 0 atom stereocenters. The van der Waals surface area contributed by atoms with Crippen LogP contribution in [0.5, 0.6) is 0 Å². The Balaban J connectivity index is 1.60. The molecule has 0 radical (unpaired) electrons. The summed E-state index contributed by atoms with van der Waals surface area (Å²) in [5, 5.41) is 11.3. The molecule has 1 aliphatic rings. The Hall–Kier alpha value is -3.02. The fourth-order valence-corrected chi connectivity index (χ4v) is 4.79. The van der Waals surface area contributed by atoms with Gasteiger partial charge in [0.25, 0.3) is 0 Å². The van der Waals surface area contributed by atoms with E-state index in [-0.39, 0.29) is 16.9 Å². The molecule has 9 heteroatoms. The van der Waals surface area contributed by atoms with Crippen molar-refractivity contribution in [2.75, 3.05) is 13.2 Å². The maximum Gasteiger partial charge on any atom is 0.394 e. The summed E-state index contributed by atoms with van der Waals surface area (Å²) in [6.45, 7) is 1.43. The van der Waals surface area contributed by atoms with E-state index in [0.29, 0.717) is 35.4 Å². The lowest BCUT2D eigenvalue weighted by Crippen LogP contribution is -2.18. The Morgan fingerprint density at radius 3 is 2.69 bits per heavy atom. The van der Waals surface area contributed by atoms with Gasteiger partial charge in [-0.1, -0.05) is 11.6 Å². The maximum absolute atomic E-state index is 12.9. The summed E-state index contributed by atoms with van der Waals surface area (Å²) in [4.78, 5) is 4.10. The van der Waals surface area contributed by atoms with Crippen LogP contribution in [-0.4, -0.2) is 33.3 Å². The number of rotatable bonds is 3. The molecule has 0 aliphatic carbocycles. The van der Waals surface area contributed by atoms with Gasteiger partial charge in [0.1, 0.15) is 11.6 Å². The molecule has 0 unspecified atom stereocenters. The molecule has 1 saturated heterocycles. The first kappa shape index (κ1) is 20.9. The fourth-order valence-electron chi connectivity index (χ4n) is 4.47. The molecule has 5 nitrogen and oxygen atoms in total. The van der Waals surface area contributed by atoms with E-state index in [2.05, 4.69) is 15.6 Å². The Morgan fingerprint density at radius 1 is 1.19 bits per heavy atom. The minimum absolute atomic E-state index is 0.0161. The van der Waals surface area contributed by atoms with Crippen molar-refractivity contribution < 1.29 is 17.9 Å². The molecule has 0 saturated carbocycles. The van der Waals surface area contributed by atoms with Crippen molar-refractivity contribution in [3.05, 3.63) is 59.1 Å². The average Bonchev–Trinajstić information content (AvgIpc) is 3.37. The number of hydrogen-bond donors (Lipinski definition) is 0. The van der Waals surface area contributed by atoms with Crippen LogP contribution in [0, 0.1) is 11.3 Å². The topological polar surface area (TPSA) is 55.2 Å². The van der Waals surface area contributed by atoms with Crippen molar-refractivity contribution >= 4 is 28.2 Å². The molecule has 0 bridgehead atoms. The van der Waals surface area contributed by atoms with Crippen molar-refractivity contribution in [3.63, 3.8) is 0 Å². The van der Waals surface area contributed by atoms with Crippen LogP contribution in [0.25, 0.3) is 27.7 Å². The first-order valence-corrected chi connectivity index (χ1v) is 10.6. The summed E-state index contributed by atoms with van der Waals surface area (Å²) >= 11 is 6.69. The summed E-state index contributed by atoms with van der Waals surface area (Å²) < 4.78 is 47.6. The van der Waals surface area contributed by atoms with Crippen molar-refractivity contribution in [1.82, 2.24) is 14.0 Å². The van der Waals surface area contributed by atoms with Gasteiger partial charge in [-0.05, 0) is 42.7 Å². The van der Waals surface area contributed by atoms with Gasteiger partial charge in [0.2, 0.25) is 0 Å². The number of benzene rings is 1. The number of imidazole rings is 1. The minimum Gasteiger partial charge on any atom is -0.381 e. The van der Waals surface area contributed by atoms with Gasteiger partial charge in [-0.2, -0.15) is 18.4 Å². The largest absolute Gasteiger partial charge is 0.394 e. The van der Waals surface area contributed by atoms with E-state index in [9.17, 15) is 18.4 Å². The van der Waals surface area contributed by atoms with E-state index in [4.69, 9.17) is 16.3 Å². The SMILES string of the molecule is N#Cc1c(-c2cc(Cl)c3c(ccn3C3CCOCC3)c2)ccn2c(CC(F)(F)F)cnc12. The van der Waals surface area contributed by atoms with Crippen LogP contribution < -0.4 is 0 Å². The molecule has 164 valence electrons. The van der Waals surface area contributed by atoms with Crippen molar-refractivity contribution in [2.45, 2.75) is 31.5 Å². The smallest absolute Gasteiger partial charge is 0.381 e. The monoisotopic (exact) mass is 458 g/mol. The molecule has 1 aromatic carbocycles. The van der Waals surface area contributed by atoms with Gasteiger partial charge >= 0.3 is 6.18 Å². The summed E-state index contributed by atoms with van der Waals surface area (Å²) in [6, 6.07) is 9.80. The molecule has 1 aliphatic heterocycles. The van der Waals surface area contributed by atoms with Crippen molar-refractivity contribution in [3.8, 4) is 17.2 Å². The summed E-state index contributed by atoms with van der Waals surface area (Å²) in [5.41, 5.74) is 2.60. The van der Waals surface area contributed by atoms with E-state index in [1.54, 1.807) is 12.1 Å². The average molecular weight is 459 g/mol. The molecule has 1 fully saturated rings. The first-order chi connectivity index (χ1) is 15.4. The Labute approximate surface area is 186 Å². The number of fused-ring (bicyclic) bond motifs is 2. The Kier molecular flexibility index (Phi) is 5.11. The molecule has 0 N–H and O–H groups in total. The van der Waals surface area contributed by atoms with Gasteiger partial charge in [-0.15, -0.1) is 0 Å². The van der Waals surface area contributed by atoms with Gasteiger partial charge in [0, 0.05) is 48.8 Å². The third kappa shape index (κ3) is 3.61. The highest BCUT2D eigenvalue weighted by Crippen LogP contribution is 2.37. The third-order valence-corrected chi connectivity index (χ3v) is 6.20. The second kappa shape index (κ2) is 7.84. The van der Waals surface area contributed by atoms with Crippen LogP contribution in [0.15, 0.2) is 42.9 Å². The van der Waals surface area contributed by atoms with Crippen LogP contribution in [0.3, 0.4) is 0 Å². The maximum atomic E-state index is 12.9. The van der Waals surface area contributed by atoms with E-state index in [1.165, 1.54) is 10.6 Å². The molecular formula is C23H18ClF3N4O. The summed E-state index contributed by atoms with van der Waals surface area (Å²) in [6.07, 6.45) is 1.05. The molecule has 5 rings (SSSR count). The van der Waals surface area contributed by atoms with Crippen molar-refractivity contribution in [1.29, 1.82) is 5.26 Å². The standard InChI is InChI=1S/C23H18ClF3N4O/c24-20-10-15(9-14-1-5-30(21(14)20)16-3-7-32-8-4-16)18-2-6-31-17(11-23(25,26)27)13-29-22(31)19(18)12-28/h1-2,5-6,9-10,13,16H,3-4,7-8,11H2. The number of nitriles is 1. The molecule has 32 heavy (non-hydrogen) atoms. The number of alkyl halides is 3. The van der Waals surface area contributed by atoms with E-state index < -0.39 is 12.6 Å². The molecule has 0 spiro atoms. The third-order valence-electron chi connectivity index (χ3n) is 5.91. The second-order valence-electron chi connectivity index (χ2n) is 7.91. The zero-order valence-corrected chi connectivity index (χ0v) is 17.6. The summed E-state index contributed by atoms with van der Waals surface area (Å²) in [5.74, 6) is 0. The predicted molar refractivity (Wildman–Crippen MR) is 115 cm³/mol. The lowest BCUT2D eigenvalue weighted by atomic mass is 10.00. The van der Waals surface area contributed by atoms with Crippen molar-refractivity contribution in [2.24, 2.45) is 0 Å². The Morgan fingerprint density at radius 2 is 1.97 bits per heavy atom. The van der Waals surface area contributed by atoms with Crippen LogP contribution in [-0.2, 0) is 11.2 Å². The van der Waals surface area contributed by atoms with Crippen LogP contribution >= 0.6 is 11.6 Å². The van der Waals surface area contributed by atoms with Crippen LogP contribution in [0.1, 0.15) is 30.1 Å².